The SMILES string of the molecule is IC(I)(I)CNCC(I)(I)I. The van der Waals surface area contributed by atoms with E-state index >= 15 is 0 Å². The van der Waals surface area contributed by atoms with Gasteiger partial charge in [0.05, 0.1) is 0 Å². The molecule has 0 amide bonds. The van der Waals surface area contributed by atoms with Gasteiger partial charge in [-0.3, -0.25) is 0 Å². The Hall–Kier alpha value is 4.34. The maximum atomic E-state index is 3.42. The molecule has 0 fully saturated rings. The summed E-state index contributed by atoms with van der Waals surface area (Å²) in [5.41, 5.74) is 0. The molecule has 1 nitrogen and oxygen atoms in total. The molecular weight excluding hydrogens is 823 g/mol. The molecule has 0 aromatic heterocycles. The molecule has 0 saturated carbocycles. The minimum atomic E-state index is 0.308. The van der Waals surface area contributed by atoms with E-state index in [2.05, 4.69) is 141 Å². The molecule has 68 valence electrons. The van der Waals surface area contributed by atoms with Gasteiger partial charge in [0.25, 0.3) is 0 Å². The summed E-state index contributed by atoms with van der Waals surface area (Å²) in [4.78, 5) is 0. The van der Waals surface area contributed by atoms with Crippen molar-refractivity contribution in [2.75, 3.05) is 13.1 Å². The summed E-state index contributed by atoms with van der Waals surface area (Å²) in [6.45, 7) is 2.09. The number of hydrogen-bond acceptors (Lipinski definition) is 1. The van der Waals surface area contributed by atoms with Gasteiger partial charge in [0, 0.05) is 13.1 Å². The molecule has 0 rings (SSSR count). The predicted octanol–water partition coefficient (Wildman–Crippen LogP) is 4.49. The minimum Gasteiger partial charge on any atom is -0.311 e. The Labute approximate surface area is 149 Å². The average Bonchev–Trinajstić information content (AvgIpc) is 1.55. The van der Waals surface area contributed by atoms with Gasteiger partial charge in [-0.1, -0.05) is 136 Å². The van der Waals surface area contributed by atoms with E-state index in [4.69, 9.17) is 0 Å². The zero-order valence-electron chi connectivity index (χ0n) is 5.18. The van der Waals surface area contributed by atoms with Crippen LogP contribution in [-0.4, -0.2) is 12.0 Å². The Morgan fingerprint density at radius 2 is 1.00 bits per heavy atom. The lowest BCUT2D eigenvalue weighted by Crippen LogP contribution is -2.31. The highest BCUT2D eigenvalue weighted by Crippen LogP contribution is 2.36. The molecule has 0 heterocycles. The van der Waals surface area contributed by atoms with Crippen molar-refractivity contribution in [3.05, 3.63) is 0 Å². The third-order valence-electron chi connectivity index (χ3n) is 0.651. The van der Waals surface area contributed by atoms with E-state index in [1.165, 1.54) is 0 Å². The van der Waals surface area contributed by atoms with Crippen molar-refractivity contribution in [3.63, 3.8) is 0 Å². The van der Waals surface area contributed by atoms with E-state index in [0.29, 0.717) is -1.13 Å². The van der Waals surface area contributed by atoms with Crippen LogP contribution >= 0.6 is 136 Å². The molecule has 0 unspecified atom stereocenters. The molecule has 11 heavy (non-hydrogen) atoms. The normalized spacial score (nSPS) is 13.6. The van der Waals surface area contributed by atoms with Crippen LogP contribution in [0.25, 0.3) is 0 Å². The van der Waals surface area contributed by atoms with Crippen molar-refractivity contribution in [2.45, 2.75) is -1.13 Å². The van der Waals surface area contributed by atoms with E-state index < -0.39 is 0 Å². The number of hydrogen-bond donors (Lipinski definition) is 1. The van der Waals surface area contributed by atoms with Crippen LogP contribution < -0.4 is 5.32 Å². The van der Waals surface area contributed by atoms with Crippen molar-refractivity contribution in [1.29, 1.82) is 0 Å². The van der Waals surface area contributed by atoms with Crippen molar-refractivity contribution >= 4 is 136 Å². The molecule has 1 N–H and O–H groups in total. The van der Waals surface area contributed by atoms with E-state index in [9.17, 15) is 0 Å². The van der Waals surface area contributed by atoms with Gasteiger partial charge in [-0.15, -0.1) is 0 Å². The Bertz CT molecular complexity index is 98.7. The average molecular weight is 829 g/mol. The Kier molecular flexibility index (Phi) is 9.51. The predicted molar refractivity (Wildman–Crippen MR) is 102 cm³/mol. The number of halogens is 6. The zero-order valence-corrected chi connectivity index (χ0v) is 18.1. The van der Waals surface area contributed by atoms with Crippen LogP contribution in [0.15, 0.2) is 0 Å². The van der Waals surface area contributed by atoms with Crippen LogP contribution in [0.2, 0.25) is 0 Å². The third kappa shape index (κ3) is 14.3. The maximum absolute atomic E-state index is 3.42. The molecule has 0 aromatic rings. The van der Waals surface area contributed by atoms with Crippen molar-refractivity contribution < 1.29 is 0 Å². The highest BCUT2D eigenvalue weighted by atomic mass is 127. The molecule has 0 aliphatic heterocycles. The molecule has 0 aliphatic rings. The van der Waals surface area contributed by atoms with Crippen LogP contribution in [0.1, 0.15) is 0 Å². The Morgan fingerprint density at radius 3 is 1.18 bits per heavy atom. The highest BCUT2D eigenvalue weighted by Gasteiger charge is 2.20. The summed E-state index contributed by atoms with van der Waals surface area (Å²) < 4.78 is 0.616. The quantitative estimate of drug-likeness (QED) is 0.326. The van der Waals surface area contributed by atoms with Crippen molar-refractivity contribution in [2.24, 2.45) is 0 Å². The highest BCUT2D eigenvalue weighted by molar-refractivity contribution is 14.3. The van der Waals surface area contributed by atoms with Gasteiger partial charge in [0.2, 0.25) is 0 Å². The lowest BCUT2D eigenvalue weighted by molar-refractivity contribution is 0.763. The summed E-state index contributed by atoms with van der Waals surface area (Å²) in [5.74, 6) is 0. The second kappa shape index (κ2) is 6.82. The molecule has 0 radical (unpaired) electrons. The number of nitrogens with one attached hydrogen (secondary N) is 1. The van der Waals surface area contributed by atoms with E-state index in [-0.39, 0.29) is 0 Å². The first kappa shape index (κ1) is 15.3. The Morgan fingerprint density at radius 1 is 0.727 bits per heavy atom. The van der Waals surface area contributed by atoms with Gasteiger partial charge < -0.3 is 5.32 Å². The molecule has 0 aromatic carbocycles. The van der Waals surface area contributed by atoms with Gasteiger partial charge in [0.1, 0.15) is -1.13 Å². The fourth-order valence-corrected chi connectivity index (χ4v) is 1.96. The van der Waals surface area contributed by atoms with Crippen molar-refractivity contribution in [3.8, 4) is 0 Å². The largest absolute Gasteiger partial charge is 0.311 e. The van der Waals surface area contributed by atoms with Crippen LogP contribution in [-0.2, 0) is 0 Å². The topological polar surface area (TPSA) is 12.0 Å². The lowest BCUT2D eigenvalue weighted by Gasteiger charge is -2.17. The Balaban J connectivity index is 3.44. The monoisotopic (exact) mass is 828 g/mol. The second-order valence-corrected chi connectivity index (χ2v) is 25.3. The number of rotatable bonds is 4. The van der Waals surface area contributed by atoms with Gasteiger partial charge in [-0.25, -0.2) is 0 Å². The fraction of sp³-hybridized carbons (Fsp3) is 1.00. The third-order valence-corrected chi connectivity index (χ3v) is 2.94. The number of alkyl halides is 6. The fourth-order valence-electron chi connectivity index (χ4n) is 0.346. The molecule has 0 bridgehead atoms. The summed E-state index contributed by atoms with van der Waals surface area (Å²) >= 11 is 14.6. The standard InChI is InChI=1S/C4H5I6N/c5-3(6,7)1-11-2-4(8,9)10/h11H,1-2H2. The molecule has 0 spiro atoms. The van der Waals surface area contributed by atoms with Gasteiger partial charge in [0.15, 0.2) is 0 Å². The molecule has 0 atom stereocenters. The lowest BCUT2D eigenvalue weighted by atomic mass is 10.7. The maximum Gasteiger partial charge on any atom is 0.136 e. The van der Waals surface area contributed by atoms with Crippen LogP contribution in [0.4, 0.5) is 0 Å². The van der Waals surface area contributed by atoms with Crippen molar-refractivity contribution in [1.82, 2.24) is 5.32 Å². The van der Waals surface area contributed by atoms with Gasteiger partial charge >= 0.3 is 0 Å². The molecule has 7 heteroatoms. The first-order chi connectivity index (χ1) is 4.71. The van der Waals surface area contributed by atoms with Crippen LogP contribution in [0, 0.1) is 0 Å². The van der Waals surface area contributed by atoms with E-state index in [1.807, 2.05) is 0 Å². The summed E-state index contributed by atoms with van der Waals surface area (Å²) in [5, 5.41) is 3.42. The van der Waals surface area contributed by atoms with E-state index in [1.54, 1.807) is 0 Å². The van der Waals surface area contributed by atoms with Crippen LogP contribution in [0.5, 0.6) is 0 Å². The summed E-state index contributed by atoms with van der Waals surface area (Å²) in [6.07, 6.45) is 0. The molecular formula is C4H5I6N. The van der Waals surface area contributed by atoms with Crippen LogP contribution in [0.3, 0.4) is 0 Å². The smallest absolute Gasteiger partial charge is 0.136 e. The molecule has 0 saturated heterocycles. The zero-order chi connectivity index (χ0) is 9.12. The first-order valence-corrected chi connectivity index (χ1v) is 9.02. The first-order valence-electron chi connectivity index (χ1n) is 2.55. The molecule has 0 aliphatic carbocycles. The summed E-state index contributed by atoms with van der Waals surface area (Å²) in [6, 6.07) is 0. The second-order valence-electron chi connectivity index (χ2n) is 1.83. The van der Waals surface area contributed by atoms with E-state index in [0.717, 1.165) is 13.1 Å². The van der Waals surface area contributed by atoms with Gasteiger partial charge in [-0.05, 0) is 0 Å². The summed E-state index contributed by atoms with van der Waals surface area (Å²) in [7, 11) is 0. The van der Waals surface area contributed by atoms with Gasteiger partial charge in [-0.2, -0.15) is 0 Å². The minimum absolute atomic E-state index is 0.308.